The van der Waals surface area contributed by atoms with E-state index in [4.69, 9.17) is 5.26 Å². The number of rotatable bonds is 6. The Hall–Kier alpha value is -5.11. The van der Waals surface area contributed by atoms with Crippen molar-refractivity contribution in [2.75, 3.05) is 4.90 Å². The number of anilines is 1. The summed E-state index contributed by atoms with van der Waals surface area (Å²) >= 11 is 0. The lowest BCUT2D eigenvalue weighted by Crippen LogP contribution is -2.50. The van der Waals surface area contributed by atoms with E-state index in [-0.39, 0.29) is 29.1 Å². The number of nitrogens with zero attached hydrogens (tertiary/aromatic N) is 3. The molecule has 8 nitrogen and oxygen atoms in total. The summed E-state index contributed by atoms with van der Waals surface area (Å²) in [5.74, 6) is -2.55. The average molecular weight is 535 g/mol. The zero-order chi connectivity index (χ0) is 28.5. The van der Waals surface area contributed by atoms with E-state index in [2.05, 4.69) is 0 Å². The minimum absolute atomic E-state index is 0.0000737. The van der Waals surface area contributed by atoms with E-state index in [1.165, 1.54) is 66.4 Å². The second kappa shape index (κ2) is 10.3. The van der Waals surface area contributed by atoms with Crippen LogP contribution in [0.2, 0.25) is 0 Å². The average Bonchev–Trinajstić information content (AvgIpc) is 2.90. The van der Waals surface area contributed by atoms with Crippen molar-refractivity contribution in [3.63, 3.8) is 0 Å². The summed E-state index contributed by atoms with van der Waals surface area (Å²) in [6.45, 7) is 1.15. The molecule has 1 aliphatic rings. The lowest BCUT2D eigenvalue weighted by Gasteiger charge is -2.42. The lowest BCUT2D eigenvalue weighted by molar-refractivity contribution is -0.137. The smallest absolute Gasteiger partial charge is 0.416 e. The van der Waals surface area contributed by atoms with Crippen LogP contribution < -0.4 is 4.90 Å². The Kier molecular flexibility index (Phi) is 7.14. The number of carbonyl (C=O) groups is 3. The number of carbonyl (C=O) groups excluding carboxylic acids is 1. The van der Waals surface area contributed by atoms with Gasteiger partial charge in [0, 0.05) is 12.2 Å². The number of urea groups is 1. The number of halogens is 3. The second-order valence-corrected chi connectivity index (χ2v) is 8.74. The van der Waals surface area contributed by atoms with Crippen molar-refractivity contribution in [2.45, 2.75) is 25.7 Å². The van der Waals surface area contributed by atoms with E-state index in [0.29, 0.717) is 16.7 Å². The number of amides is 2. The standard InChI is InChI=1S/C28H20F3N3O5/c1-16-23(26(37)38)24(19-9-5-17(14-32)6-10-19)33(15-18-7-11-20(12-8-18)25(35)36)27(39)34(16)22-4-2-3-21(13-22)28(29,30)31/h2-13,24H,15H2,1H3,(H,35,36)(H,37,38). The molecule has 39 heavy (non-hydrogen) atoms. The minimum Gasteiger partial charge on any atom is -0.478 e. The Morgan fingerprint density at radius 3 is 2.15 bits per heavy atom. The van der Waals surface area contributed by atoms with E-state index in [0.717, 1.165) is 23.1 Å². The van der Waals surface area contributed by atoms with Crippen LogP contribution in [0, 0.1) is 11.3 Å². The third kappa shape index (κ3) is 5.31. The summed E-state index contributed by atoms with van der Waals surface area (Å²) in [6.07, 6.45) is -4.70. The Balaban J connectivity index is 1.90. The van der Waals surface area contributed by atoms with Gasteiger partial charge in [-0.2, -0.15) is 18.4 Å². The molecule has 2 N–H and O–H groups in total. The Morgan fingerprint density at radius 2 is 1.62 bits per heavy atom. The summed E-state index contributed by atoms with van der Waals surface area (Å²) in [5.41, 5.74) is -0.374. The largest absolute Gasteiger partial charge is 0.478 e. The highest BCUT2D eigenvalue weighted by Crippen LogP contribution is 2.41. The van der Waals surface area contributed by atoms with Crippen LogP contribution >= 0.6 is 0 Å². The molecule has 0 fully saturated rings. The van der Waals surface area contributed by atoms with Crippen LogP contribution in [-0.2, 0) is 17.5 Å². The van der Waals surface area contributed by atoms with Crippen molar-refractivity contribution in [3.05, 3.63) is 112 Å². The molecule has 0 spiro atoms. The highest BCUT2D eigenvalue weighted by Gasteiger charge is 2.43. The number of nitriles is 1. The molecule has 0 saturated heterocycles. The number of alkyl halides is 3. The number of hydrogen-bond donors (Lipinski definition) is 2. The van der Waals surface area contributed by atoms with E-state index < -0.39 is 35.8 Å². The Bertz CT molecular complexity index is 1520. The van der Waals surface area contributed by atoms with Crippen molar-refractivity contribution in [2.24, 2.45) is 0 Å². The first-order chi connectivity index (χ1) is 18.4. The molecule has 0 bridgehead atoms. The van der Waals surface area contributed by atoms with Gasteiger partial charge in [0.05, 0.1) is 40.1 Å². The maximum Gasteiger partial charge on any atom is 0.416 e. The summed E-state index contributed by atoms with van der Waals surface area (Å²) in [6, 6.07) is 15.6. The van der Waals surface area contributed by atoms with Gasteiger partial charge >= 0.3 is 24.1 Å². The van der Waals surface area contributed by atoms with Gasteiger partial charge in [-0.05, 0) is 60.5 Å². The van der Waals surface area contributed by atoms with Crippen molar-refractivity contribution in [3.8, 4) is 6.07 Å². The molecule has 3 aromatic carbocycles. The number of hydrogen-bond acceptors (Lipinski definition) is 4. The summed E-state index contributed by atoms with van der Waals surface area (Å²) < 4.78 is 40.3. The molecule has 1 atom stereocenters. The fourth-order valence-corrected chi connectivity index (χ4v) is 4.45. The number of aromatic carboxylic acids is 1. The maximum absolute atomic E-state index is 13.9. The highest BCUT2D eigenvalue weighted by atomic mass is 19.4. The molecule has 0 saturated carbocycles. The quantitative estimate of drug-likeness (QED) is 0.410. The molecule has 1 unspecified atom stereocenters. The zero-order valence-electron chi connectivity index (χ0n) is 20.3. The minimum atomic E-state index is -4.70. The topological polar surface area (TPSA) is 122 Å². The third-order valence-electron chi connectivity index (χ3n) is 6.32. The number of allylic oxidation sites excluding steroid dienone is 1. The lowest BCUT2D eigenvalue weighted by atomic mass is 9.91. The molecule has 4 rings (SSSR count). The fourth-order valence-electron chi connectivity index (χ4n) is 4.45. The SMILES string of the molecule is CC1=C(C(=O)O)C(c2ccc(C#N)cc2)N(Cc2ccc(C(=O)O)cc2)C(=O)N1c1cccc(C(F)(F)F)c1. The first-order valence-corrected chi connectivity index (χ1v) is 11.5. The molecule has 11 heteroatoms. The van der Waals surface area contributed by atoms with E-state index in [9.17, 15) is 37.8 Å². The van der Waals surface area contributed by atoms with Crippen molar-refractivity contribution < 1.29 is 37.8 Å². The van der Waals surface area contributed by atoms with Gasteiger partial charge in [-0.1, -0.05) is 30.3 Å². The molecule has 1 aliphatic heterocycles. The molecule has 0 radical (unpaired) electrons. The van der Waals surface area contributed by atoms with Crippen LogP contribution in [0.3, 0.4) is 0 Å². The highest BCUT2D eigenvalue weighted by molar-refractivity contribution is 6.02. The summed E-state index contributed by atoms with van der Waals surface area (Å²) in [4.78, 5) is 39.9. The monoisotopic (exact) mass is 535 g/mol. The van der Waals surface area contributed by atoms with E-state index in [1.54, 1.807) is 0 Å². The van der Waals surface area contributed by atoms with Gasteiger partial charge in [0.2, 0.25) is 0 Å². The van der Waals surface area contributed by atoms with Gasteiger partial charge in [0.1, 0.15) is 0 Å². The van der Waals surface area contributed by atoms with E-state index in [1.807, 2.05) is 6.07 Å². The van der Waals surface area contributed by atoms with Crippen molar-refractivity contribution >= 4 is 23.7 Å². The van der Waals surface area contributed by atoms with Gasteiger partial charge < -0.3 is 15.1 Å². The number of carboxylic acid groups (broad SMARTS) is 2. The van der Waals surface area contributed by atoms with E-state index >= 15 is 0 Å². The number of benzene rings is 3. The number of carboxylic acids is 2. The molecule has 0 aromatic heterocycles. The normalized spacial score (nSPS) is 15.8. The van der Waals surface area contributed by atoms with Crippen LogP contribution in [0.1, 0.15) is 45.6 Å². The summed E-state index contributed by atoms with van der Waals surface area (Å²) in [7, 11) is 0. The molecule has 2 amide bonds. The van der Waals surface area contributed by atoms with Crippen molar-refractivity contribution in [1.29, 1.82) is 5.26 Å². The fraction of sp³-hybridized carbons (Fsp3) is 0.143. The predicted octanol–water partition coefficient (Wildman–Crippen LogP) is 5.82. The van der Waals surface area contributed by atoms with Crippen LogP contribution in [0.5, 0.6) is 0 Å². The Labute approximate surface area is 220 Å². The van der Waals surface area contributed by atoms with Crippen LogP contribution in [0.25, 0.3) is 0 Å². The molecule has 3 aromatic rings. The second-order valence-electron chi connectivity index (χ2n) is 8.74. The zero-order valence-corrected chi connectivity index (χ0v) is 20.3. The molecule has 1 heterocycles. The predicted molar refractivity (Wildman–Crippen MR) is 132 cm³/mol. The maximum atomic E-state index is 13.9. The van der Waals surface area contributed by atoms with Crippen LogP contribution in [-0.4, -0.2) is 33.1 Å². The molecular formula is C28H20F3N3O5. The van der Waals surface area contributed by atoms with Gasteiger partial charge in [0.15, 0.2) is 0 Å². The van der Waals surface area contributed by atoms with Crippen LogP contribution in [0.15, 0.2) is 84.1 Å². The van der Waals surface area contributed by atoms with Crippen molar-refractivity contribution in [1.82, 2.24) is 4.90 Å². The van der Waals surface area contributed by atoms with Gasteiger partial charge in [-0.25, -0.2) is 14.4 Å². The molecule has 0 aliphatic carbocycles. The van der Waals surface area contributed by atoms with Crippen LogP contribution in [0.4, 0.5) is 23.7 Å². The number of aliphatic carboxylic acids is 1. The van der Waals surface area contributed by atoms with Gasteiger partial charge in [-0.3, -0.25) is 4.90 Å². The third-order valence-corrected chi connectivity index (χ3v) is 6.32. The first-order valence-electron chi connectivity index (χ1n) is 11.5. The molecule has 198 valence electrons. The first kappa shape index (κ1) is 26.9. The Morgan fingerprint density at radius 1 is 0.974 bits per heavy atom. The summed E-state index contributed by atoms with van der Waals surface area (Å²) in [5, 5.41) is 28.6. The van der Waals surface area contributed by atoms with Gasteiger partial charge in [-0.15, -0.1) is 0 Å². The van der Waals surface area contributed by atoms with Gasteiger partial charge in [0.25, 0.3) is 0 Å². The molecular weight excluding hydrogens is 515 g/mol.